The molecule has 1 aliphatic rings. The van der Waals surface area contributed by atoms with E-state index in [-0.39, 0.29) is 6.61 Å². The summed E-state index contributed by atoms with van der Waals surface area (Å²) in [5, 5.41) is 2.67. The van der Waals surface area contributed by atoms with Gasteiger partial charge in [0.05, 0.1) is 18.8 Å². The first-order valence-electron chi connectivity index (χ1n) is 7.74. The van der Waals surface area contributed by atoms with Crippen molar-refractivity contribution in [3.8, 4) is 11.5 Å². The van der Waals surface area contributed by atoms with Crippen LogP contribution in [0.3, 0.4) is 0 Å². The van der Waals surface area contributed by atoms with Crippen molar-refractivity contribution in [3.63, 3.8) is 0 Å². The van der Waals surface area contributed by atoms with Crippen molar-refractivity contribution >= 4 is 33.5 Å². The first kappa shape index (κ1) is 17.3. The fraction of sp³-hybridized carbons (Fsp3) is 0.222. The monoisotopic (exact) mass is 405 g/mol. The average Bonchev–Trinajstić information content (AvgIpc) is 2.85. The highest BCUT2D eigenvalue weighted by Crippen LogP contribution is 2.32. The molecule has 7 heteroatoms. The second-order valence-corrected chi connectivity index (χ2v) is 6.17. The zero-order chi connectivity index (χ0) is 17.6. The quantitative estimate of drug-likeness (QED) is 0.788. The lowest BCUT2D eigenvalue weighted by atomic mass is 10.2. The largest absolute Gasteiger partial charge is 0.490 e. The summed E-state index contributed by atoms with van der Waals surface area (Å²) in [7, 11) is 0. The number of esters is 1. The number of halogens is 1. The lowest BCUT2D eigenvalue weighted by Crippen LogP contribution is -2.21. The highest BCUT2D eigenvalue weighted by molar-refractivity contribution is 9.10. The Morgan fingerprint density at radius 2 is 1.84 bits per heavy atom. The van der Waals surface area contributed by atoms with Gasteiger partial charge in [0, 0.05) is 22.6 Å². The van der Waals surface area contributed by atoms with Crippen LogP contribution in [0.4, 0.5) is 5.69 Å². The van der Waals surface area contributed by atoms with Crippen molar-refractivity contribution in [1.82, 2.24) is 0 Å². The summed E-state index contributed by atoms with van der Waals surface area (Å²) in [5.41, 5.74) is 0.914. The van der Waals surface area contributed by atoms with Crippen LogP contribution < -0.4 is 14.8 Å². The van der Waals surface area contributed by atoms with Gasteiger partial charge in [-0.3, -0.25) is 4.79 Å². The van der Waals surface area contributed by atoms with Crippen LogP contribution in [0, 0.1) is 0 Å². The normalized spacial score (nSPS) is 12.8. The maximum absolute atomic E-state index is 12.0. The van der Waals surface area contributed by atoms with Crippen LogP contribution in [0.2, 0.25) is 0 Å². The van der Waals surface area contributed by atoms with Crippen LogP contribution >= 0.6 is 15.9 Å². The van der Waals surface area contributed by atoms with E-state index < -0.39 is 11.9 Å². The SMILES string of the molecule is O=C(COC(=O)c1ccccc1Br)Nc1ccc2c(c1)OCCCO2. The number of fused-ring (bicyclic) bond motifs is 1. The molecular weight excluding hydrogens is 390 g/mol. The van der Waals surface area contributed by atoms with Crippen LogP contribution in [0.1, 0.15) is 16.8 Å². The van der Waals surface area contributed by atoms with Crippen molar-refractivity contribution < 1.29 is 23.8 Å². The molecule has 0 fully saturated rings. The summed E-state index contributed by atoms with van der Waals surface area (Å²) in [6.45, 7) is 0.784. The number of ether oxygens (including phenoxy) is 3. The number of hydrogen-bond donors (Lipinski definition) is 1. The van der Waals surface area contributed by atoms with Crippen LogP contribution in [-0.4, -0.2) is 31.7 Å². The summed E-state index contributed by atoms with van der Waals surface area (Å²) in [4.78, 5) is 24.0. The molecule has 1 amide bonds. The molecular formula is C18H16BrNO5. The summed E-state index contributed by atoms with van der Waals surface area (Å²) >= 11 is 3.27. The minimum Gasteiger partial charge on any atom is -0.490 e. The third-order valence-electron chi connectivity index (χ3n) is 3.46. The van der Waals surface area contributed by atoms with Crippen molar-refractivity contribution in [2.24, 2.45) is 0 Å². The predicted molar refractivity (Wildman–Crippen MR) is 95.1 cm³/mol. The molecule has 1 N–H and O–H groups in total. The van der Waals surface area contributed by atoms with Gasteiger partial charge in [-0.2, -0.15) is 0 Å². The second-order valence-electron chi connectivity index (χ2n) is 5.32. The Hall–Kier alpha value is -2.54. The van der Waals surface area contributed by atoms with Gasteiger partial charge in [-0.25, -0.2) is 4.79 Å². The molecule has 0 bridgehead atoms. The van der Waals surface area contributed by atoms with E-state index in [1.165, 1.54) is 0 Å². The van der Waals surface area contributed by atoms with Crippen molar-refractivity contribution in [2.75, 3.05) is 25.1 Å². The molecule has 2 aromatic rings. The number of carbonyl (C=O) groups is 2. The Kier molecular flexibility index (Phi) is 5.55. The van der Waals surface area contributed by atoms with Gasteiger partial charge in [-0.1, -0.05) is 12.1 Å². The molecule has 0 saturated carbocycles. The zero-order valence-electron chi connectivity index (χ0n) is 13.3. The van der Waals surface area contributed by atoms with Gasteiger partial charge in [-0.15, -0.1) is 0 Å². The molecule has 2 aromatic carbocycles. The summed E-state index contributed by atoms with van der Waals surface area (Å²) in [6.07, 6.45) is 0.807. The fourth-order valence-electron chi connectivity index (χ4n) is 2.27. The summed E-state index contributed by atoms with van der Waals surface area (Å²) in [6, 6.07) is 12.0. The number of benzene rings is 2. The van der Waals surface area contributed by atoms with E-state index in [1.54, 1.807) is 42.5 Å². The van der Waals surface area contributed by atoms with Crippen LogP contribution in [-0.2, 0) is 9.53 Å². The Bertz CT molecular complexity index is 793. The molecule has 0 saturated heterocycles. The number of anilines is 1. The molecule has 25 heavy (non-hydrogen) atoms. The third kappa shape index (κ3) is 4.51. The summed E-state index contributed by atoms with van der Waals surface area (Å²) in [5.74, 6) is 0.229. The maximum atomic E-state index is 12.0. The van der Waals surface area contributed by atoms with Crippen LogP contribution in [0.5, 0.6) is 11.5 Å². The maximum Gasteiger partial charge on any atom is 0.339 e. The topological polar surface area (TPSA) is 73.9 Å². The Labute approximate surface area is 153 Å². The van der Waals surface area contributed by atoms with E-state index in [0.29, 0.717) is 40.4 Å². The Balaban J connectivity index is 1.57. The van der Waals surface area contributed by atoms with Gasteiger partial charge < -0.3 is 19.5 Å². The highest BCUT2D eigenvalue weighted by atomic mass is 79.9. The van der Waals surface area contributed by atoms with Crippen molar-refractivity contribution in [1.29, 1.82) is 0 Å². The third-order valence-corrected chi connectivity index (χ3v) is 4.15. The first-order valence-corrected chi connectivity index (χ1v) is 8.54. The smallest absolute Gasteiger partial charge is 0.339 e. The number of rotatable bonds is 4. The average molecular weight is 406 g/mol. The van der Waals surface area contributed by atoms with Gasteiger partial charge >= 0.3 is 5.97 Å². The Morgan fingerprint density at radius 1 is 1.08 bits per heavy atom. The molecule has 0 aromatic heterocycles. The predicted octanol–water partition coefficient (Wildman–Crippen LogP) is 3.41. The zero-order valence-corrected chi connectivity index (χ0v) is 14.9. The molecule has 0 spiro atoms. The van der Waals surface area contributed by atoms with Crippen molar-refractivity contribution in [2.45, 2.75) is 6.42 Å². The molecule has 6 nitrogen and oxygen atoms in total. The molecule has 3 rings (SSSR count). The number of nitrogens with one attached hydrogen (secondary N) is 1. The van der Waals surface area contributed by atoms with Crippen LogP contribution in [0.15, 0.2) is 46.9 Å². The van der Waals surface area contributed by atoms with E-state index in [9.17, 15) is 9.59 Å². The van der Waals surface area contributed by atoms with E-state index in [1.807, 2.05) is 0 Å². The lowest BCUT2D eigenvalue weighted by Gasteiger charge is -2.11. The van der Waals surface area contributed by atoms with Gasteiger partial charge in [-0.05, 0) is 40.2 Å². The van der Waals surface area contributed by atoms with Crippen LogP contribution in [0.25, 0.3) is 0 Å². The fourth-order valence-corrected chi connectivity index (χ4v) is 2.72. The molecule has 130 valence electrons. The van der Waals surface area contributed by atoms with E-state index >= 15 is 0 Å². The number of carbonyl (C=O) groups excluding carboxylic acids is 2. The number of hydrogen-bond acceptors (Lipinski definition) is 5. The minimum absolute atomic E-state index is 0.367. The summed E-state index contributed by atoms with van der Waals surface area (Å²) < 4.78 is 16.8. The van der Waals surface area contributed by atoms with Gasteiger partial charge in [0.1, 0.15) is 0 Å². The number of amides is 1. The molecule has 0 unspecified atom stereocenters. The second kappa shape index (κ2) is 8.02. The van der Waals surface area contributed by atoms with Gasteiger partial charge in [0.2, 0.25) is 0 Å². The molecule has 0 aliphatic carbocycles. The molecule has 0 atom stereocenters. The molecule has 0 radical (unpaired) electrons. The molecule has 1 heterocycles. The van der Waals surface area contributed by atoms with E-state index in [0.717, 1.165) is 6.42 Å². The lowest BCUT2D eigenvalue weighted by molar-refractivity contribution is -0.119. The minimum atomic E-state index is -0.568. The van der Waals surface area contributed by atoms with E-state index in [2.05, 4.69) is 21.2 Å². The van der Waals surface area contributed by atoms with Gasteiger partial charge in [0.15, 0.2) is 18.1 Å². The van der Waals surface area contributed by atoms with Crippen molar-refractivity contribution in [3.05, 3.63) is 52.5 Å². The highest BCUT2D eigenvalue weighted by Gasteiger charge is 2.15. The van der Waals surface area contributed by atoms with E-state index in [4.69, 9.17) is 14.2 Å². The first-order chi connectivity index (χ1) is 12.1. The molecule has 1 aliphatic heterocycles. The standard InChI is InChI=1S/C18H16BrNO5/c19-14-5-2-1-4-13(14)18(22)25-11-17(21)20-12-6-7-15-16(10-12)24-9-3-8-23-15/h1-2,4-7,10H,3,8-9,11H2,(H,20,21). The Morgan fingerprint density at radius 3 is 2.64 bits per heavy atom. The van der Waals surface area contributed by atoms with Gasteiger partial charge in [0.25, 0.3) is 5.91 Å².